The lowest BCUT2D eigenvalue weighted by Gasteiger charge is -2.07. The van der Waals surface area contributed by atoms with Crippen molar-refractivity contribution in [2.75, 3.05) is 0 Å². The Labute approximate surface area is 84.4 Å². The van der Waals surface area contributed by atoms with E-state index >= 15 is 0 Å². The molecule has 1 atom stereocenters. The fourth-order valence-corrected chi connectivity index (χ4v) is 1.42. The van der Waals surface area contributed by atoms with Gasteiger partial charge in [0, 0.05) is 6.04 Å². The Hall–Kier alpha value is -1.15. The van der Waals surface area contributed by atoms with Gasteiger partial charge in [0.05, 0.1) is 0 Å². The molecule has 0 amide bonds. The molecule has 1 aromatic rings. The van der Waals surface area contributed by atoms with E-state index in [2.05, 4.69) is 0 Å². The Kier molecular flexibility index (Phi) is 3.84. The summed E-state index contributed by atoms with van der Waals surface area (Å²) in [5, 5.41) is 0. The quantitative estimate of drug-likeness (QED) is 0.734. The summed E-state index contributed by atoms with van der Waals surface area (Å²) in [6, 6.07) is 6.54. The van der Waals surface area contributed by atoms with E-state index in [1.54, 1.807) is 6.07 Å². The van der Waals surface area contributed by atoms with Gasteiger partial charge in [-0.05, 0) is 38.0 Å². The minimum Gasteiger partial charge on any atom is -0.324 e. The molecule has 2 heteroatoms. The second-order valence-electron chi connectivity index (χ2n) is 3.74. The number of nitrogens with two attached hydrogens (primary N) is 1. The van der Waals surface area contributed by atoms with E-state index in [9.17, 15) is 4.39 Å². The Morgan fingerprint density at radius 3 is 2.79 bits per heavy atom. The van der Waals surface area contributed by atoms with Crippen molar-refractivity contribution in [3.8, 4) is 0 Å². The predicted molar refractivity (Wildman–Crippen MR) is 57.5 cm³/mol. The van der Waals surface area contributed by atoms with Crippen molar-refractivity contribution in [1.29, 1.82) is 0 Å². The SMILES string of the molecule is CC(C)=CC(N)Cc1cccc(F)c1. The molecule has 2 N–H and O–H groups in total. The third-order valence-electron chi connectivity index (χ3n) is 1.91. The standard InChI is InChI=1S/C12H16FN/c1-9(2)6-12(14)8-10-4-3-5-11(13)7-10/h3-7,12H,8,14H2,1-2H3. The topological polar surface area (TPSA) is 26.0 Å². The highest BCUT2D eigenvalue weighted by atomic mass is 19.1. The van der Waals surface area contributed by atoms with E-state index in [1.807, 2.05) is 26.0 Å². The largest absolute Gasteiger partial charge is 0.324 e. The van der Waals surface area contributed by atoms with Crippen LogP contribution in [-0.4, -0.2) is 6.04 Å². The first-order valence-electron chi connectivity index (χ1n) is 4.73. The highest BCUT2D eigenvalue weighted by Gasteiger charge is 2.01. The summed E-state index contributed by atoms with van der Waals surface area (Å²) in [4.78, 5) is 0. The van der Waals surface area contributed by atoms with Gasteiger partial charge in [0.15, 0.2) is 0 Å². The summed E-state index contributed by atoms with van der Waals surface area (Å²) < 4.78 is 12.8. The Morgan fingerprint density at radius 1 is 1.50 bits per heavy atom. The van der Waals surface area contributed by atoms with E-state index in [0.29, 0.717) is 6.42 Å². The molecule has 76 valence electrons. The van der Waals surface area contributed by atoms with Gasteiger partial charge in [0.2, 0.25) is 0 Å². The summed E-state index contributed by atoms with van der Waals surface area (Å²) in [6.45, 7) is 4.01. The van der Waals surface area contributed by atoms with E-state index < -0.39 is 0 Å². The van der Waals surface area contributed by atoms with Gasteiger partial charge < -0.3 is 5.73 Å². The second-order valence-corrected chi connectivity index (χ2v) is 3.74. The number of benzene rings is 1. The molecular weight excluding hydrogens is 177 g/mol. The van der Waals surface area contributed by atoms with Crippen LogP contribution in [0.1, 0.15) is 19.4 Å². The molecule has 1 nitrogen and oxygen atoms in total. The third-order valence-corrected chi connectivity index (χ3v) is 1.91. The third kappa shape index (κ3) is 3.71. The van der Waals surface area contributed by atoms with Crippen LogP contribution >= 0.6 is 0 Å². The molecule has 0 aliphatic rings. The van der Waals surface area contributed by atoms with Crippen LogP contribution < -0.4 is 5.73 Å². The van der Waals surface area contributed by atoms with Gasteiger partial charge in [-0.3, -0.25) is 0 Å². The van der Waals surface area contributed by atoms with Crippen molar-refractivity contribution in [2.45, 2.75) is 26.3 Å². The molecule has 0 aliphatic carbocycles. The molecule has 0 bridgehead atoms. The number of hydrogen-bond acceptors (Lipinski definition) is 1. The second kappa shape index (κ2) is 4.91. The average molecular weight is 193 g/mol. The van der Waals surface area contributed by atoms with Crippen molar-refractivity contribution < 1.29 is 4.39 Å². The van der Waals surface area contributed by atoms with Crippen LogP contribution in [0.15, 0.2) is 35.9 Å². The van der Waals surface area contributed by atoms with Gasteiger partial charge in [0.25, 0.3) is 0 Å². The van der Waals surface area contributed by atoms with Gasteiger partial charge in [-0.25, -0.2) is 4.39 Å². The monoisotopic (exact) mass is 193 g/mol. The molecule has 0 radical (unpaired) electrons. The normalized spacial score (nSPS) is 12.3. The highest BCUT2D eigenvalue weighted by molar-refractivity contribution is 5.19. The maximum Gasteiger partial charge on any atom is 0.123 e. The fraction of sp³-hybridized carbons (Fsp3) is 0.333. The summed E-state index contributed by atoms with van der Waals surface area (Å²) >= 11 is 0. The molecule has 0 saturated carbocycles. The van der Waals surface area contributed by atoms with Gasteiger partial charge in [-0.1, -0.05) is 23.8 Å². The predicted octanol–water partition coefficient (Wildman–Crippen LogP) is 2.66. The molecule has 1 aromatic carbocycles. The first-order valence-corrected chi connectivity index (χ1v) is 4.73. The fourth-order valence-electron chi connectivity index (χ4n) is 1.42. The first kappa shape index (κ1) is 10.9. The Bertz CT molecular complexity index is 327. The maximum absolute atomic E-state index is 12.8. The van der Waals surface area contributed by atoms with Crippen molar-refractivity contribution in [1.82, 2.24) is 0 Å². The van der Waals surface area contributed by atoms with Crippen molar-refractivity contribution in [2.24, 2.45) is 5.73 Å². The molecule has 1 rings (SSSR count). The lowest BCUT2D eigenvalue weighted by molar-refractivity contribution is 0.624. The summed E-state index contributed by atoms with van der Waals surface area (Å²) in [6.07, 6.45) is 2.67. The lowest BCUT2D eigenvalue weighted by atomic mass is 10.0. The lowest BCUT2D eigenvalue weighted by Crippen LogP contribution is -2.20. The molecule has 0 fully saturated rings. The zero-order valence-electron chi connectivity index (χ0n) is 8.63. The van der Waals surface area contributed by atoms with Crippen molar-refractivity contribution in [3.05, 3.63) is 47.3 Å². The van der Waals surface area contributed by atoms with Gasteiger partial charge in [0.1, 0.15) is 5.82 Å². The highest BCUT2D eigenvalue weighted by Crippen LogP contribution is 2.07. The minimum atomic E-state index is -0.202. The zero-order chi connectivity index (χ0) is 10.6. The molecule has 1 unspecified atom stereocenters. The van der Waals surface area contributed by atoms with Crippen molar-refractivity contribution >= 4 is 0 Å². The number of allylic oxidation sites excluding steroid dienone is 1. The van der Waals surface area contributed by atoms with Crippen LogP contribution in [0.4, 0.5) is 4.39 Å². The summed E-state index contributed by atoms with van der Waals surface area (Å²) in [7, 11) is 0. The van der Waals surface area contributed by atoms with Crippen LogP contribution in [0.5, 0.6) is 0 Å². The van der Waals surface area contributed by atoms with E-state index in [0.717, 1.165) is 5.56 Å². The first-order chi connectivity index (χ1) is 6.58. The van der Waals surface area contributed by atoms with Crippen LogP contribution in [0.3, 0.4) is 0 Å². The number of hydrogen-bond donors (Lipinski definition) is 1. The summed E-state index contributed by atoms with van der Waals surface area (Å²) in [5.41, 5.74) is 7.99. The Balaban J connectivity index is 2.65. The zero-order valence-corrected chi connectivity index (χ0v) is 8.63. The van der Waals surface area contributed by atoms with Crippen LogP contribution in [-0.2, 0) is 6.42 Å². The van der Waals surface area contributed by atoms with Crippen LogP contribution in [0.2, 0.25) is 0 Å². The molecule has 0 aromatic heterocycles. The van der Waals surface area contributed by atoms with Gasteiger partial charge in [-0.15, -0.1) is 0 Å². The molecular formula is C12H16FN. The smallest absolute Gasteiger partial charge is 0.123 e. The summed E-state index contributed by atoms with van der Waals surface area (Å²) in [5.74, 6) is -0.202. The number of rotatable bonds is 3. The average Bonchev–Trinajstić information content (AvgIpc) is 2.01. The van der Waals surface area contributed by atoms with E-state index in [-0.39, 0.29) is 11.9 Å². The minimum absolute atomic E-state index is 0.0261. The van der Waals surface area contributed by atoms with Gasteiger partial charge in [-0.2, -0.15) is 0 Å². The van der Waals surface area contributed by atoms with Crippen LogP contribution in [0.25, 0.3) is 0 Å². The van der Waals surface area contributed by atoms with Gasteiger partial charge >= 0.3 is 0 Å². The molecule has 0 saturated heterocycles. The maximum atomic E-state index is 12.8. The van der Waals surface area contributed by atoms with Crippen LogP contribution in [0, 0.1) is 5.82 Å². The molecule has 0 aliphatic heterocycles. The number of halogens is 1. The van der Waals surface area contributed by atoms with E-state index in [1.165, 1.54) is 17.7 Å². The molecule has 0 heterocycles. The molecule has 0 spiro atoms. The van der Waals surface area contributed by atoms with Crippen molar-refractivity contribution in [3.63, 3.8) is 0 Å². The Morgan fingerprint density at radius 2 is 2.21 bits per heavy atom. The van der Waals surface area contributed by atoms with E-state index in [4.69, 9.17) is 5.73 Å². The molecule has 14 heavy (non-hydrogen) atoms.